The zero-order valence-corrected chi connectivity index (χ0v) is 11.9. The maximum atomic E-state index is 11.6. The van der Waals surface area contributed by atoms with Crippen LogP contribution in [-0.4, -0.2) is 30.2 Å². The molecule has 5 nitrogen and oxygen atoms in total. The maximum absolute atomic E-state index is 11.6. The topological polar surface area (TPSA) is 75.6 Å². The minimum atomic E-state index is -0.863. The van der Waals surface area contributed by atoms with Crippen LogP contribution in [0.15, 0.2) is 24.3 Å². The molecule has 0 aliphatic carbocycles. The quantitative estimate of drug-likeness (QED) is 0.717. The van der Waals surface area contributed by atoms with Crippen molar-refractivity contribution in [2.45, 2.75) is 32.6 Å². The molecule has 1 unspecified atom stereocenters. The summed E-state index contributed by atoms with van der Waals surface area (Å²) in [5.41, 5.74) is 1.39. The molecule has 1 aromatic carbocycles. The van der Waals surface area contributed by atoms with Gasteiger partial charge in [0.25, 0.3) is 0 Å². The van der Waals surface area contributed by atoms with Crippen LogP contribution in [0.25, 0.3) is 0 Å². The standard InChI is InChI=1S/C15H21NO4/c1-3-20-10-4-5-14(17)16-13-8-6-12(7-9-13)11(2)15(18)19/h6-9,11H,3-5,10H2,1-2H3,(H,16,17)(H,18,19). The monoisotopic (exact) mass is 279 g/mol. The first-order valence-electron chi connectivity index (χ1n) is 6.75. The highest BCUT2D eigenvalue weighted by molar-refractivity contribution is 5.90. The Hall–Kier alpha value is -1.88. The number of ether oxygens (including phenoxy) is 1. The predicted molar refractivity (Wildman–Crippen MR) is 76.8 cm³/mol. The highest BCUT2D eigenvalue weighted by Gasteiger charge is 2.13. The van der Waals surface area contributed by atoms with Crippen molar-refractivity contribution in [3.63, 3.8) is 0 Å². The van der Waals surface area contributed by atoms with Gasteiger partial charge in [0.1, 0.15) is 0 Å². The van der Waals surface area contributed by atoms with Gasteiger partial charge < -0.3 is 15.2 Å². The zero-order valence-electron chi connectivity index (χ0n) is 11.9. The van der Waals surface area contributed by atoms with Gasteiger partial charge in [-0.2, -0.15) is 0 Å². The van der Waals surface area contributed by atoms with Crippen molar-refractivity contribution >= 4 is 17.6 Å². The second kappa shape index (κ2) is 8.32. The van der Waals surface area contributed by atoms with Crippen LogP contribution in [0.2, 0.25) is 0 Å². The van der Waals surface area contributed by atoms with E-state index >= 15 is 0 Å². The van der Waals surface area contributed by atoms with Crippen molar-refractivity contribution in [1.29, 1.82) is 0 Å². The zero-order chi connectivity index (χ0) is 15.0. The third-order valence-electron chi connectivity index (χ3n) is 2.96. The van der Waals surface area contributed by atoms with Crippen LogP contribution in [0.4, 0.5) is 5.69 Å². The molecule has 1 atom stereocenters. The molecule has 0 fully saturated rings. The number of benzene rings is 1. The van der Waals surface area contributed by atoms with Gasteiger partial charge in [-0.3, -0.25) is 9.59 Å². The molecule has 0 spiro atoms. The molecule has 0 aliphatic heterocycles. The fraction of sp³-hybridized carbons (Fsp3) is 0.467. The summed E-state index contributed by atoms with van der Waals surface area (Å²) in [5.74, 6) is -1.48. The second-order valence-electron chi connectivity index (χ2n) is 4.53. The third kappa shape index (κ3) is 5.40. The predicted octanol–water partition coefficient (Wildman–Crippen LogP) is 2.63. The summed E-state index contributed by atoms with van der Waals surface area (Å²) in [6.45, 7) is 4.78. The SMILES string of the molecule is CCOCCCC(=O)Nc1ccc(C(C)C(=O)O)cc1. The van der Waals surface area contributed by atoms with Crippen molar-refractivity contribution in [3.05, 3.63) is 29.8 Å². The van der Waals surface area contributed by atoms with Gasteiger partial charge in [0.2, 0.25) is 5.91 Å². The van der Waals surface area contributed by atoms with Crippen LogP contribution in [0.5, 0.6) is 0 Å². The summed E-state index contributed by atoms with van der Waals surface area (Å²) < 4.78 is 5.16. The highest BCUT2D eigenvalue weighted by atomic mass is 16.5. The van der Waals surface area contributed by atoms with Crippen LogP contribution < -0.4 is 5.32 Å². The van der Waals surface area contributed by atoms with E-state index in [2.05, 4.69) is 5.32 Å². The molecule has 20 heavy (non-hydrogen) atoms. The molecule has 0 heterocycles. The number of carbonyl (C=O) groups is 2. The summed E-state index contributed by atoms with van der Waals surface area (Å²) in [4.78, 5) is 22.5. The van der Waals surface area contributed by atoms with E-state index in [9.17, 15) is 9.59 Å². The summed E-state index contributed by atoms with van der Waals surface area (Å²) in [7, 11) is 0. The molecule has 0 aliphatic rings. The largest absolute Gasteiger partial charge is 0.481 e. The van der Waals surface area contributed by atoms with Crippen LogP contribution in [0, 0.1) is 0 Å². The maximum Gasteiger partial charge on any atom is 0.310 e. The number of nitrogens with one attached hydrogen (secondary N) is 1. The van der Waals surface area contributed by atoms with E-state index in [1.54, 1.807) is 31.2 Å². The fourth-order valence-corrected chi connectivity index (χ4v) is 1.70. The Bertz CT molecular complexity index is 442. The number of carboxylic acids is 1. The van der Waals surface area contributed by atoms with Crippen molar-refractivity contribution in [2.75, 3.05) is 18.5 Å². The molecule has 110 valence electrons. The molecule has 0 saturated carbocycles. The highest BCUT2D eigenvalue weighted by Crippen LogP contribution is 2.18. The number of rotatable bonds is 8. The van der Waals surface area contributed by atoms with Gasteiger partial charge in [-0.15, -0.1) is 0 Å². The fourth-order valence-electron chi connectivity index (χ4n) is 1.70. The number of carbonyl (C=O) groups excluding carboxylic acids is 1. The number of anilines is 1. The van der Waals surface area contributed by atoms with Crippen LogP contribution in [0.3, 0.4) is 0 Å². The molecule has 1 aromatic rings. The molecule has 0 aromatic heterocycles. The molecule has 1 rings (SSSR count). The van der Waals surface area contributed by atoms with E-state index in [4.69, 9.17) is 9.84 Å². The molecule has 0 bridgehead atoms. The van der Waals surface area contributed by atoms with E-state index in [-0.39, 0.29) is 5.91 Å². The lowest BCUT2D eigenvalue weighted by molar-refractivity contribution is -0.138. The molecule has 1 amide bonds. The van der Waals surface area contributed by atoms with Gasteiger partial charge in [0.15, 0.2) is 0 Å². The van der Waals surface area contributed by atoms with Gasteiger partial charge >= 0.3 is 5.97 Å². The Morgan fingerprint density at radius 1 is 1.30 bits per heavy atom. The average molecular weight is 279 g/mol. The normalized spacial score (nSPS) is 11.9. The minimum Gasteiger partial charge on any atom is -0.481 e. The van der Waals surface area contributed by atoms with Crippen LogP contribution >= 0.6 is 0 Å². The van der Waals surface area contributed by atoms with Crippen LogP contribution in [0.1, 0.15) is 38.2 Å². The van der Waals surface area contributed by atoms with Gasteiger partial charge in [-0.05, 0) is 38.0 Å². The first-order chi connectivity index (χ1) is 9.54. The summed E-state index contributed by atoms with van der Waals surface area (Å²) in [6.07, 6.45) is 1.10. The van der Waals surface area contributed by atoms with Gasteiger partial charge in [-0.1, -0.05) is 12.1 Å². The smallest absolute Gasteiger partial charge is 0.310 e. The summed E-state index contributed by atoms with van der Waals surface area (Å²) in [6, 6.07) is 6.87. The first kappa shape index (κ1) is 16.2. The molecule has 0 saturated heterocycles. The lowest BCUT2D eigenvalue weighted by Gasteiger charge is -2.09. The van der Waals surface area contributed by atoms with Gasteiger partial charge in [0, 0.05) is 25.3 Å². The second-order valence-corrected chi connectivity index (χ2v) is 4.53. The first-order valence-corrected chi connectivity index (χ1v) is 6.75. The Kier molecular flexibility index (Phi) is 6.73. The molecule has 2 N–H and O–H groups in total. The molecule has 0 radical (unpaired) electrons. The lowest BCUT2D eigenvalue weighted by atomic mass is 10.0. The van der Waals surface area contributed by atoms with Gasteiger partial charge in [0.05, 0.1) is 5.92 Å². The van der Waals surface area contributed by atoms with E-state index < -0.39 is 11.9 Å². The van der Waals surface area contributed by atoms with Crippen molar-refractivity contribution < 1.29 is 19.4 Å². The van der Waals surface area contributed by atoms with Crippen molar-refractivity contribution in [1.82, 2.24) is 0 Å². The number of hydrogen-bond acceptors (Lipinski definition) is 3. The van der Waals surface area contributed by atoms with E-state index in [0.29, 0.717) is 37.3 Å². The molecule has 5 heteroatoms. The third-order valence-corrected chi connectivity index (χ3v) is 2.96. The summed E-state index contributed by atoms with van der Waals surface area (Å²) in [5, 5.41) is 11.7. The van der Waals surface area contributed by atoms with E-state index in [1.165, 1.54) is 0 Å². The van der Waals surface area contributed by atoms with Crippen molar-refractivity contribution in [3.8, 4) is 0 Å². The van der Waals surface area contributed by atoms with Crippen LogP contribution in [-0.2, 0) is 14.3 Å². The summed E-state index contributed by atoms with van der Waals surface area (Å²) >= 11 is 0. The van der Waals surface area contributed by atoms with Crippen molar-refractivity contribution in [2.24, 2.45) is 0 Å². The molecular weight excluding hydrogens is 258 g/mol. The Balaban J connectivity index is 2.45. The minimum absolute atomic E-state index is 0.0660. The Morgan fingerprint density at radius 2 is 1.95 bits per heavy atom. The van der Waals surface area contributed by atoms with Gasteiger partial charge in [-0.25, -0.2) is 0 Å². The average Bonchev–Trinajstić information content (AvgIpc) is 2.43. The number of amides is 1. The number of aliphatic carboxylic acids is 1. The number of hydrogen-bond donors (Lipinski definition) is 2. The number of carboxylic acid groups (broad SMARTS) is 1. The Labute approximate surface area is 118 Å². The lowest BCUT2D eigenvalue weighted by Crippen LogP contribution is -2.12. The van der Waals surface area contributed by atoms with E-state index in [0.717, 1.165) is 0 Å². The van der Waals surface area contributed by atoms with E-state index in [1.807, 2.05) is 6.92 Å². The molecular formula is C15H21NO4. The Morgan fingerprint density at radius 3 is 2.50 bits per heavy atom.